The third kappa shape index (κ3) is 2.16. The number of halogens is 1. The molecule has 14 heavy (non-hydrogen) atoms. The zero-order chi connectivity index (χ0) is 10.2. The number of hydrogen-bond donors (Lipinski definition) is 1. The minimum absolute atomic E-state index is 0.0854. The molecule has 0 amide bonds. The predicted octanol–water partition coefficient (Wildman–Crippen LogP) is 2.89. The molecule has 2 N–H and O–H groups in total. The first kappa shape index (κ1) is 10.1. The van der Waals surface area contributed by atoms with Gasteiger partial charge in [0.25, 0.3) is 0 Å². The van der Waals surface area contributed by atoms with Crippen LogP contribution < -0.4 is 10.5 Å². The minimum Gasteiger partial charge on any atom is -0.496 e. The molecule has 1 aliphatic carbocycles. The van der Waals surface area contributed by atoms with Gasteiger partial charge < -0.3 is 10.5 Å². The first-order valence-electron chi connectivity index (χ1n) is 4.44. The Bertz CT molecular complexity index is 352. The van der Waals surface area contributed by atoms with Crippen molar-refractivity contribution in [2.75, 3.05) is 7.11 Å². The zero-order valence-electron chi connectivity index (χ0n) is 7.92. The second-order valence-electron chi connectivity index (χ2n) is 3.46. The van der Waals surface area contributed by atoms with Gasteiger partial charge in [-0.15, -0.1) is 11.8 Å². The number of nitrogens with two attached hydrogens (primary N) is 1. The summed E-state index contributed by atoms with van der Waals surface area (Å²) in [6.45, 7) is 0. The molecular formula is C10H12ClNOS. The Kier molecular flexibility index (Phi) is 2.64. The highest BCUT2D eigenvalue weighted by molar-refractivity contribution is 8.01. The molecule has 2 nitrogen and oxygen atoms in total. The Balaban J connectivity index is 2.25. The van der Waals surface area contributed by atoms with E-state index in [1.165, 1.54) is 0 Å². The van der Waals surface area contributed by atoms with E-state index in [-0.39, 0.29) is 4.87 Å². The fourth-order valence-corrected chi connectivity index (χ4v) is 2.59. The number of ether oxygens (including phenoxy) is 1. The fourth-order valence-electron chi connectivity index (χ4n) is 1.17. The molecule has 1 aliphatic rings. The summed E-state index contributed by atoms with van der Waals surface area (Å²) < 4.78 is 5.24. The molecule has 1 fully saturated rings. The smallest absolute Gasteiger partial charge is 0.132 e. The molecular weight excluding hydrogens is 218 g/mol. The van der Waals surface area contributed by atoms with Crippen LogP contribution in [0.3, 0.4) is 0 Å². The summed E-state index contributed by atoms with van der Waals surface area (Å²) in [5.74, 6) is 0.844. The molecule has 0 atom stereocenters. The number of methoxy groups -OCH3 is 1. The van der Waals surface area contributed by atoms with Crippen molar-refractivity contribution in [1.29, 1.82) is 0 Å². The molecule has 0 unspecified atom stereocenters. The Labute approximate surface area is 92.8 Å². The van der Waals surface area contributed by atoms with E-state index in [4.69, 9.17) is 22.1 Å². The molecule has 0 aliphatic heterocycles. The summed E-state index contributed by atoms with van der Waals surface area (Å²) in [4.78, 5) is 0.942. The average molecular weight is 230 g/mol. The molecule has 1 saturated carbocycles. The zero-order valence-corrected chi connectivity index (χ0v) is 9.49. The Morgan fingerprint density at radius 2 is 2.21 bits per heavy atom. The minimum atomic E-state index is -0.0854. The van der Waals surface area contributed by atoms with Gasteiger partial charge in [-0.05, 0) is 31.0 Å². The van der Waals surface area contributed by atoms with E-state index >= 15 is 0 Å². The summed E-state index contributed by atoms with van der Waals surface area (Å²) in [5, 5.41) is 0.720. The molecule has 0 radical (unpaired) electrons. The van der Waals surface area contributed by atoms with Crippen LogP contribution in [0.15, 0.2) is 23.1 Å². The Morgan fingerprint density at radius 1 is 1.50 bits per heavy atom. The second kappa shape index (κ2) is 3.65. The summed E-state index contributed by atoms with van der Waals surface area (Å²) in [5.41, 5.74) is 6.02. The molecule has 0 aromatic heterocycles. The predicted molar refractivity (Wildman–Crippen MR) is 60.0 cm³/mol. The molecule has 1 aromatic carbocycles. The molecule has 76 valence electrons. The van der Waals surface area contributed by atoms with Crippen molar-refractivity contribution in [3.05, 3.63) is 23.2 Å². The van der Waals surface area contributed by atoms with Gasteiger partial charge in [-0.3, -0.25) is 0 Å². The molecule has 0 heterocycles. The quantitative estimate of drug-likeness (QED) is 0.810. The van der Waals surface area contributed by atoms with Crippen LogP contribution in [0.4, 0.5) is 0 Å². The van der Waals surface area contributed by atoms with Crippen molar-refractivity contribution < 1.29 is 4.74 Å². The lowest BCUT2D eigenvalue weighted by Gasteiger charge is -2.12. The molecule has 2 rings (SSSR count). The Morgan fingerprint density at radius 3 is 2.79 bits per heavy atom. The third-order valence-electron chi connectivity index (χ3n) is 2.18. The van der Waals surface area contributed by atoms with Gasteiger partial charge in [0.2, 0.25) is 0 Å². The highest BCUT2D eigenvalue weighted by atomic mass is 35.5. The van der Waals surface area contributed by atoms with Gasteiger partial charge in [-0.25, -0.2) is 0 Å². The molecule has 0 bridgehead atoms. The van der Waals surface area contributed by atoms with E-state index in [2.05, 4.69) is 0 Å². The van der Waals surface area contributed by atoms with Crippen LogP contribution in [0.1, 0.15) is 12.8 Å². The van der Waals surface area contributed by atoms with Gasteiger partial charge in [0, 0.05) is 5.02 Å². The van der Waals surface area contributed by atoms with Gasteiger partial charge in [-0.2, -0.15) is 0 Å². The Hall–Kier alpha value is -0.380. The van der Waals surface area contributed by atoms with Crippen molar-refractivity contribution in [3.63, 3.8) is 0 Å². The van der Waals surface area contributed by atoms with Crippen LogP contribution in [0.2, 0.25) is 5.02 Å². The second-order valence-corrected chi connectivity index (χ2v) is 5.36. The van der Waals surface area contributed by atoms with Crippen molar-refractivity contribution in [1.82, 2.24) is 0 Å². The lowest BCUT2D eigenvalue weighted by Crippen LogP contribution is -2.15. The highest BCUT2D eigenvalue weighted by Gasteiger charge is 2.40. The summed E-state index contributed by atoms with van der Waals surface area (Å²) in [6.07, 6.45) is 2.13. The standard InChI is InChI=1S/C10H12ClNOS/c1-13-8-3-2-7(11)6-9(8)14-10(12)4-5-10/h2-3,6H,4-5,12H2,1H3. The van der Waals surface area contributed by atoms with E-state index in [0.717, 1.165) is 28.5 Å². The van der Waals surface area contributed by atoms with Gasteiger partial charge in [0.1, 0.15) is 5.75 Å². The molecule has 0 saturated heterocycles. The van der Waals surface area contributed by atoms with Gasteiger partial charge >= 0.3 is 0 Å². The average Bonchev–Trinajstić information content (AvgIpc) is 2.84. The van der Waals surface area contributed by atoms with Crippen molar-refractivity contribution in [2.24, 2.45) is 5.73 Å². The summed E-state index contributed by atoms with van der Waals surface area (Å²) >= 11 is 7.56. The first-order chi connectivity index (χ1) is 6.63. The van der Waals surface area contributed by atoms with Crippen LogP contribution in [0.5, 0.6) is 5.75 Å². The van der Waals surface area contributed by atoms with E-state index in [9.17, 15) is 0 Å². The lowest BCUT2D eigenvalue weighted by atomic mass is 10.3. The maximum atomic E-state index is 6.02. The van der Waals surface area contributed by atoms with Crippen LogP contribution >= 0.6 is 23.4 Å². The normalized spacial score (nSPS) is 17.9. The SMILES string of the molecule is COc1ccc(Cl)cc1SC1(N)CC1. The third-order valence-corrected chi connectivity index (χ3v) is 3.77. The maximum absolute atomic E-state index is 6.02. The van der Waals surface area contributed by atoms with Gasteiger partial charge in [0.15, 0.2) is 0 Å². The van der Waals surface area contributed by atoms with E-state index < -0.39 is 0 Å². The molecule has 1 aromatic rings. The lowest BCUT2D eigenvalue weighted by molar-refractivity contribution is 0.404. The van der Waals surface area contributed by atoms with Crippen LogP contribution in [-0.4, -0.2) is 12.0 Å². The van der Waals surface area contributed by atoms with E-state index in [1.807, 2.05) is 18.2 Å². The topological polar surface area (TPSA) is 35.2 Å². The van der Waals surface area contributed by atoms with Crippen LogP contribution in [-0.2, 0) is 0 Å². The molecule has 4 heteroatoms. The van der Waals surface area contributed by atoms with Gasteiger partial charge in [-0.1, -0.05) is 11.6 Å². The van der Waals surface area contributed by atoms with E-state index in [1.54, 1.807) is 18.9 Å². The largest absolute Gasteiger partial charge is 0.496 e. The fraction of sp³-hybridized carbons (Fsp3) is 0.400. The first-order valence-corrected chi connectivity index (χ1v) is 5.64. The number of rotatable bonds is 3. The molecule has 0 spiro atoms. The van der Waals surface area contributed by atoms with Crippen molar-refractivity contribution in [3.8, 4) is 5.75 Å². The maximum Gasteiger partial charge on any atom is 0.132 e. The monoisotopic (exact) mass is 229 g/mol. The number of hydrogen-bond acceptors (Lipinski definition) is 3. The van der Waals surface area contributed by atoms with Crippen LogP contribution in [0.25, 0.3) is 0 Å². The van der Waals surface area contributed by atoms with Crippen molar-refractivity contribution >= 4 is 23.4 Å². The highest BCUT2D eigenvalue weighted by Crippen LogP contribution is 2.49. The summed E-state index contributed by atoms with van der Waals surface area (Å²) in [6, 6.07) is 5.59. The van der Waals surface area contributed by atoms with E-state index in [0.29, 0.717) is 0 Å². The number of thioether (sulfide) groups is 1. The van der Waals surface area contributed by atoms with Gasteiger partial charge in [0.05, 0.1) is 16.9 Å². The van der Waals surface area contributed by atoms with Crippen LogP contribution in [0, 0.1) is 0 Å². The van der Waals surface area contributed by atoms with Crippen molar-refractivity contribution in [2.45, 2.75) is 22.6 Å². The summed E-state index contributed by atoms with van der Waals surface area (Å²) in [7, 11) is 1.66. The number of benzene rings is 1.